The summed E-state index contributed by atoms with van der Waals surface area (Å²) in [5.41, 5.74) is 4.71. The molecule has 5 nitrogen and oxygen atoms in total. The molecule has 1 aromatic heterocycles. The van der Waals surface area contributed by atoms with Gasteiger partial charge in [0.25, 0.3) is 5.56 Å². The zero-order valence-electron chi connectivity index (χ0n) is 15.8. The summed E-state index contributed by atoms with van der Waals surface area (Å²) in [5.74, 6) is 0. The Bertz CT molecular complexity index is 951. The lowest BCUT2D eigenvalue weighted by Gasteiger charge is -2.13. The summed E-state index contributed by atoms with van der Waals surface area (Å²) in [6.45, 7) is 5.50. The van der Waals surface area contributed by atoms with Crippen molar-refractivity contribution in [2.24, 2.45) is 0 Å². The highest BCUT2D eigenvalue weighted by Crippen LogP contribution is 2.19. The molecule has 3 rings (SSSR count). The first-order chi connectivity index (χ1) is 13.0. The fraction of sp³-hybridized carbons (Fsp3) is 0.318. The number of benzene rings is 2. The number of aryl methyl sites for hydroxylation is 2. The van der Waals surface area contributed by atoms with E-state index in [4.69, 9.17) is 4.74 Å². The molecule has 0 aliphatic carbocycles. The Morgan fingerprint density at radius 1 is 1.11 bits per heavy atom. The Kier molecular flexibility index (Phi) is 6.40. The van der Waals surface area contributed by atoms with E-state index in [1.807, 2.05) is 56.3 Å². The van der Waals surface area contributed by atoms with Gasteiger partial charge < -0.3 is 20.1 Å². The van der Waals surface area contributed by atoms with Crippen molar-refractivity contribution in [1.82, 2.24) is 10.3 Å². The molecule has 2 aromatic carbocycles. The van der Waals surface area contributed by atoms with Gasteiger partial charge in [-0.3, -0.25) is 4.79 Å². The third-order valence-corrected chi connectivity index (χ3v) is 4.64. The van der Waals surface area contributed by atoms with Crippen LogP contribution in [0, 0.1) is 13.8 Å². The summed E-state index contributed by atoms with van der Waals surface area (Å²) in [5, 5.41) is 14.2. The van der Waals surface area contributed by atoms with Crippen molar-refractivity contribution in [3.63, 3.8) is 0 Å². The molecule has 0 bridgehead atoms. The molecule has 0 amide bonds. The van der Waals surface area contributed by atoms with E-state index >= 15 is 0 Å². The van der Waals surface area contributed by atoms with Crippen LogP contribution in [0.3, 0.4) is 0 Å². The molecule has 1 atom stereocenters. The van der Waals surface area contributed by atoms with Gasteiger partial charge in [-0.15, -0.1) is 0 Å². The fourth-order valence-electron chi connectivity index (χ4n) is 3.07. The van der Waals surface area contributed by atoms with E-state index in [0.29, 0.717) is 25.3 Å². The number of nitrogens with one attached hydrogen (secondary N) is 2. The van der Waals surface area contributed by atoms with E-state index in [2.05, 4.69) is 16.4 Å². The Hall–Kier alpha value is -2.47. The number of fused-ring (bicyclic) bond motifs is 1. The first-order valence-electron chi connectivity index (χ1n) is 9.17. The van der Waals surface area contributed by atoms with Crippen molar-refractivity contribution < 1.29 is 9.84 Å². The number of H-pyrrole nitrogens is 1. The molecule has 0 radical (unpaired) electrons. The zero-order valence-corrected chi connectivity index (χ0v) is 15.8. The fourth-order valence-corrected chi connectivity index (χ4v) is 3.07. The van der Waals surface area contributed by atoms with Crippen LogP contribution in [0.2, 0.25) is 0 Å². The van der Waals surface area contributed by atoms with E-state index < -0.39 is 6.10 Å². The van der Waals surface area contributed by atoms with Gasteiger partial charge in [-0.25, -0.2) is 0 Å². The zero-order chi connectivity index (χ0) is 19.2. The van der Waals surface area contributed by atoms with Crippen LogP contribution in [0.1, 0.15) is 22.3 Å². The number of rotatable bonds is 8. The molecule has 0 unspecified atom stereocenters. The van der Waals surface area contributed by atoms with E-state index in [0.717, 1.165) is 27.6 Å². The minimum Gasteiger partial charge on any atom is -0.389 e. The number of aromatic nitrogens is 1. The third-order valence-electron chi connectivity index (χ3n) is 4.64. The summed E-state index contributed by atoms with van der Waals surface area (Å²) >= 11 is 0. The summed E-state index contributed by atoms with van der Waals surface area (Å²) in [7, 11) is 0. The van der Waals surface area contributed by atoms with Crippen LogP contribution in [0.25, 0.3) is 10.9 Å². The highest BCUT2D eigenvalue weighted by Gasteiger charge is 2.09. The highest BCUT2D eigenvalue weighted by atomic mass is 16.5. The van der Waals surface area contributed by atoms with Crippen LogP contribution < -0.4 is 10.9 Å². The van der Waals surface area contributed by atoms with Gasteiger partial charge in [0.15, 0.2) is 0 Å². The summed E-state index contributed by atoms with van der Waals surface area (Å²) in [6.07, 6.45) is -0.628. The number of hydrogen-bond acceptors (Lipinski definition) is 4. The van der Waals surface area contributed by atoms with Crippen LogP contribution in [0.5, 0.6) is 0 Å². The molecule has 0 fully saturated rings. The molecule has 27 heavy (non-hydrogen) atoms. The van der Waals surface area contributed by atoms with Gasteiger partial charge in [-0.2, -0.15) is 0 Å². The molecule has 0 saturated carbocycles. The second-order valence-corrected chi connectivity index (χ2v) is 6.90. The Morgan fingerprint density at radius 3 is 2.63 bits per heavy atom. The van der Waals surface area contributed by atoms with Crippen molar-refractivity contribution >= 4 is 10.9 Å². The molecule has 0 saturated heterocycles. The third kappa shape index (κ3) is 5.04. The number of aromatic amines is 1. The largest absolute Gasteiger partial charge is 0.389 e. The first-order valence-corrected chi connectivity index (χ1v) is 9.17. The van der Waals surface area contributed by atoms with Gasteiger partial charge in [0, 0.05) is 24.0 Å². The van der Waals surface area contributed by atoms with Crippen molar-refractivity contribution in [3.8, 4) is 0 Å². The van der Waals surface area contributed by atoms with Gasteiger partial charge in [-0.1, -0.05) is 42.5 Å². The van der Waals surface area contributed by atoms with Gasteiger partial charge in [0.05, 0.1) is 24.8 Å². The summed E-state index contributed by atoms with van der Waals surface area (Å²) in [6, 6.07) is 15.8. The molecular weight excluding hydrogens is 340 g/mol. The van der Waals surface area contributed by atoms with Crippen LogP contribution in [-0.4, -0.2) is 29.3 Å². The molecule has 1 heterocycles. The molecule has 142 valence electrons. The second-order valence-electron chi connectivity index (χ2n) is 6.90. The smallest absolute Gasteiger partial charge is 0.252 e. The Morgan fingerprint density at radius 2 is 1.85 bits per heavy atom. The number of hydrogen-bond donors (Lipinski definition) is 3. The van der Waals surface area contributed by atoms with E-state index in [-0.39, 0.29) is 12.2 Å². The van der Waals surface area contributed by atoms with Crippen molar-refractivity contribution in [2.45, 2.75) is 33.1 Å². The maximum atomic E-state index is 12.3. The van der Waals surface area contributed by atoms with E-state index in [1.165, 1.54) is 0 Å². The number of aliphatic hydroxyl groups excluding tert-OH is 1. The van der Waals surface area contributed by atoms with Crippen LogP contribution >= 0.6 is 0 Å². The molecule has 3 N–H and O–H groups in total. The van der Waals surface area contributed by atoms with Crippen molar-refractivity contribution in [1.29, 1.82) is 0 Å². The summed E-state index contributed by atoms with van der Waals surface area (Å²) < 4.78 is 5.54. The number of aliphatic hydroxyl groups is 1. The Balaban J connectivity index is 1.52. The van der Waals surface area contributed by atoms with Gasteiger partial charge in [0.1, 0.15) is 0 Å². The molecule has 5 heteroatoms. The minimum atomic E-state index is -0.628. The predicted molar refractivity (Wildman–Crippen MR) is 108 cm³/mol. The Labute approximate surface area is 159 Å². The minimum absolute atomic E-state index is 0.0986. The SMILES string of the molecule is Cc1ccc(C)c2[nH]c(=O)c(CNC[C@@H](O)COCc3ccccc3)cc12. The van der Waals surface area contributed by atoms with Crippen LogP contribution in [0.15, 0.2) is 53.3 Å². The molecular formula is C22H26N2O3. The maximum Gasteiger partial charge on any atom is 0.252 e. The van der Waals surface area contributed by atoms with E-state index in [9.17, 15) is 9.90 Å². The van der Waals surface area contributed by atoms with Crippen molar-refractivity contribution in [3.05, 3.63) is 81.1 Å². The molecule has 0 aliphatic rings. The lowest BCUT2D eigenvalue weighted by atomic mass is 10.0. The highest BCUT2D eigenvalue weighted by molar-refractivity contribution is 5.85. The predicted octanol–water partition coefficient (Wildman–Crippen LogP) is 2.81. The number of pyridine rings is 1. The monoisotopic (exact) mass is 366 g/mol. The van der Waals surface area contributed by atoms with Crippen LogP contribution in [-0.2, 0) is 17.9 Å². The molecule has 0 aliphatic heterocycles. The first kappa shape index (κ1) is 19.3. The average Bonchev–Trinajstić information content (AvgIpc) is 2.66. The second kappa shape index (κ2) is 8.95. The standard InChI is InChI=1S/C22H26N2O3/c1-15-8-9-16(2)21-20(15)10-18(22(26)24-21)11-23-12-19(25)14-27-13-17-6-4-3-5-7-17/h3-10,19,23,25H,11-14H2,1-2H3,(H,24,26)/t19-/m1/s1. The normalized spacial score (nSPS) is 12.4. The quantitative estimate of drug-likeness (QED) is 0.573. The topological polar surface area (TPSA) is 74.4 Å². The molecule has 0 spiro atoms. The van der Waals surface area contributed by atoms with E-state index in [1.54, 1.807) is 0 Å². The van der Waals surface area contributed by atoms with Crippen molar-refractivity contribution in [2.75, 3.05) is 13.2 Å². The maximum absolute atomic E-state index is 12.3. The average molecular weight is 366 g/mol. The molecule has 3 aromatic rings. The lowest BCUT2D eigenvalue weighted by molar-refractivity contribution is 0.0287. The van der Waals surface area contributed by atoms with Gasteiger partial charge in [0.2, 0.25) is 0 Å². The summed E-state index contributed by atoms with van der Waals surface area (Å²) in [4.78, 5) is 15.3. The van der Waals surface area contributed by atoms with Crippen LogP contribution in [0.4, 0.5) is 0 Å². The van der Waals surface area contributed by atoms with Gasteiger partial charge >= 0.3 is 0 Å². The van der Waals surface area contributed by atoms with Gasteiger partial charge in [-0.05, 0) is 36.6 Å². The lowest BCUT2D eigenvalue weighted by Crippen LogP contribution is -2.31. The number of ether oxygens (including phenoxy) is 1.